The van der Waals surface area contributed by atoms with Crippen LogP contribution in [0.5, 0.6) is 0 Å². The monoisotopic (exact) mass is 319 g/mol. The maximum absolute atomic E-state index is 6.20. The van der Waals surface area contributed by atoms with Gasteiger partial charge in [-0.25, -0.2) is 4.98 Å². The molecule has 0 saturated carbocycles. The van der Waals surface area contributed by atoms with Crippen molar-refractivity contribution in [1.29, 1.82) is 0 Å². The normalized spacial score (nSPS) is 12.6. The second-order valence-corrected chi connectivity index (χ2v) is 5.85. The van der Waals surface area contributed by atoms with Gasteiger partial charge in [-0.15, -0.1) is 0 Å². The van der Waals surface area contributed by atoms with Crippen LogP contribution in [-0.2, 0) is 7.05 Å². The van der Waals surface area contributed by atoms with E-state index in [2.05, 4.69) is 27.9 Å². The Morgan fingerprint density at radius 3 is 2.67 bits per heavy atom. The zero-order valence-electron chi connectivity index (χ0n) is 11.8. The number of para-hydroxylation sites is 2. The van der Waals surface area contributed by atoms with Crippen LogP contribution in [0.4, 0.5) is 5.69 Å². The molecule has 0 aliphatic carbocycles. The molecule has 1 unspecified atom stereocenters. The predicted molar refractivity (Wildman–Crippen MR) is 89.2 cm³/mol. The maximum atomic E-state index is 6.20. The molecule has 3 rings (SSSR count). The van der Waals surface area contributed by atoms with E-state index < -0.39 is 0 Å². The fraction of sp³-hybridized carbons (Fsp3) is 0.188. The van der Waals surface area contributed by atoms with E-state index in [-0.39, 0.29) is 6.04 Å². The van der Waals surface area contributed by atoms with E-state index in [9.17, 15) is 0 Å². The highest BCUT2D eigenvalue weighted by molar-refractivity contribution is 6.35. The number of aryl methyl sites for hydroxylation is 1. The number of fused-ring (bicyclic) bond motifs is 1. The minimum atomic E-state index is 0.0124. The fourth-order valence-corrected chi connectivity index (χ4v) is 2.80. The van der Waals surface area contributed by atoms with Gasteiger partial charge in [-0.3, -0.25) is 0 Å². The van der Waals surface area contributed by atoms with Crippen molar-refractivity contribution in [2.75, 3.05) is 5.32 Å². The smallest absolute Gasteiger partial charge is 0.131 e. The van der Waals surface area contributed by atoms with Crippen molar-refractivity contribution in [2.24, 2.45) is 7.05 Å². The van der Waals surface area contributed by atoms with E-state index in [1.165, 1.54) is 0 Å². The molecule has 1 heterocycles. The van der Waals surface area contributed by atoms with Crippen LogP contribution in [0.15, 0.2) is 42.5 Å². The van der Waals surface area contributed by atoms with E-state index in [1.54, 1.807) is 12.1 Å². The van der Waals surface area contributed by atoms with Crippen LogP contribution < -0.4 is 5.32 Å². The van der Waals surface area contributed by atoms with Crippen LogP contribution in [-0.4, -0.2) is 9.55 Å². The van der Waals surface area contributed by atoms with Crippen molar-refractivity contribution in [2.45, 2.75) is 13.0 Å². The molecule has 5 heteroatoms. The fourth-order valence-electron chi connectivity index (χ4n) is 2.46. The molecule has 21 heavy (non-hydrogen) atoms. The standard InChI is InChI=1S/C16H15Cl2N3/c1-10(19-14-9-11(17)7-8-12(14)18)16-20-13-5-3-4-6-15(13)21(16)2/h3-10,19H,1-2H3. The molecule has 3 nitrogen and oxygen atoms in total. The number of benzene rings is 2. The van der Waals surface area contributed by atoms with Gasteiger partial charge in [0.1, 0.15) is 5.82 Å². The first-order valence-corrected chi connectivity index (χ1v) is 7.45. The van der Waals surface area contributed by atoms with Crippen LogP contribution in [0, 0.1) is 0 Å². The number of rotatable bonds is 3. The lowest BCUT2D eigenvalue weighted by molar-refractivity contribution is 0.734. The summed E-state index contributed by atoms with van der Waals surface area (Å²) in [4.78, 5) is 4.68. The van der Waals surface area contributed by atoms with Gasteiger partial charge >= 0.3 is 0 Å². The predicted octanol–water partition coefficient (Wildman–Crippen LogP) is 5.05. The second-order valence-electron chi connectivity index (χ2n) is 5.01. The molecule has 0 spiro atoms. The number of nitrogens with zero attached hydrogens (tertiary/aromatic N) is 2. The average molecular weight is 320 g/mol. The van der Waals surface area contributed by atoms with E-state index in [0.29, 0.717) is 10.0 Å². The number of imidazole rings is 1. The van der Waals surface area contributed by atoms with Crippen LogP contribution in [0.25, 0.3) is 11.0 Å². The van der Waals surface area contributed by atoms with E-state index in [1.807, 2.05) is 31.3 Å². The molecule has 2 aromatic carbocycles. The van der Waals surface area contributed by atoms with Crippen LogP contribution in [0.2, 0.25) is 10.0 Å². The summed E-state index contributed by atoms with van der Waals surface area (Å²) in [6.45, 7) is 2.05. The topological polar surface area (TPSA) is 29.9 Å². The molecule has 108 valence electrons. The molecule has 0 fully saturated rings. The van der Waals surface area contributed by atoms with Crippen LogP contribution in [0.1, 0.15) is 18.8 Å². The Balaban J connectivity index is 1.95. The van der Waals surface area contributed by atoms with Crippen LogP contribution in [0.3, 0.4) is 0 Å². The zero-order chi connectivity index (χ0) is 15.0. The highest BCUT2D eigenvalue weighted by Crippen LogP contribution is 2.29. The molecule has 0 saturated heterocycles. The summed E-state index contributed by atoms with van der Waals surface area (Å²) in [7, 11) is 2.02. The summed E-state index contributed by atoms with van der Waals surface area (Å²) >= 11 is 12.2. The minimum Gasteiger partial charge on any atom is -0.374 e. The second kappa shape index (κ2) is 5.58. The number of halogens is 2. The minimum absolute atomic E-state index is 0.0124. The van der Waals surface area contributed by atoms with Gasteiger partial charge in [0.15, 0.2) is 0 Å². The Morgan fingerprint density at radius 2 is 1.90 bits per heavy atom. The molecule has 0 bridgehead atoms. The molecule has 0 amide bonds. The SMILES string of the molecule is CC(Nc1cc(Cl)ccc1Cl)c1nc2ccccc2n1C. The van der Waals surface area contributed by atoms with Gasteiger partial charge in [0, 0.05) is 12.1 Å². The largest absolute Gasteiger partial charge is 0.374 e. The zero-order valence-corrected chi connectivity index (χ0v) is 13.3. The number of hydrogen-bond donors (Lipinski definition) is 1. The first-order valence-electron chi connectivity index (χ1n) is 6.69. The number of hydrogen-bond acceptors (Lipinski definition) is 2. The first-order chi connectivity index (χ1) is 10.1. The summed E-state index contributed by atoms with van der Waals surface area (Å²) in [5.74, 6) is 0.951. The van der Waals surface area contributed by atoms with Crippen LogP contribution >= 0.6 is 23.2 Å². The molecule has 3 aromatic rings. The first kappa shape index (κ1) is 14.2. The summed E-state index contributed by atoms with van der Waals surface area (Å²) in [5.41, 5.74) is 2.91. The third kappa shape index (κ3) is 2.71. The van der Waals surface area contributed by atoms with E-state index in [4.69, 9.17) is 23.2 Å². The third-order valence-electron chi connectivity index (χ3n) is 3.51. The molecule has 0 radical (unpaired) electrons. The maximum Gasteiger partial charge on any atom is 0.131 e. The lowest BCUT2D eigenvalue weighted by atomic mass is 10.2. The van der Waals surface area contributed by atoms with Crippen molar-refractivity contribution in [1.82, 2.24) is 9.55 Å². The third-order valence-corrected chi connectivity index (χ3v) is 4.07. The van der Waals surface area contributed by atoms with Gasteiger partial charge in [-0.05, 0) is 37.3 Å². The highest BCUT2D eigenvalue weighted by atomic mass is 35.5. The molecule has 1 atom stereocenters. The number of nitrogens with one attached hydrogen (secondary N) is 1. The van der Waals surface area contributed by atoms with Crippen molar-refractivity contribution in [3.63, 3.8) is 0 Å². The number of anilines is 1. The lowest BCUT2D eigenvalue weighted by Crippen LogP contribution is -2.12. The molecule has 1 aromatic heterocycles. The molecular formula is C16H15Cl2N3. The average Bonchev–Trinajstić information content (AvgIpc) is 2.81. The summed E-state index contributed by atoms with van der Waals surface area (Å²) in [6, 6.07) is 13.5. The highest BCUT2D eigenvalue weighted by Gasteiger charge is 2.15. The van der Waals surface area contributed by atoms with Gasteiger partial charge in [0.25, 0.3) is 0 Å². The molecule has 1 N–H and O–H groups in total. The Labute approximate surface area is 133 Å². The summed E-state index contributed by atoms with van der Waals surface area (Å²) < 4.78 is 2.09. The Bertz CT molecular complexity index is 795. The van der Waals surface area contributed by atoms with Crippen molar-refractivity contribution < 1.29 is 0 Å². The van der Waals surface area contributed by atoms with Gasteiger partial charge in [0.05, 0.1) is 27.8 Å². The van der Waals surface area contributed by atoms with E-state index >= 15 is 0 Å². The van der Waals surface area contributed by atoms with Crippen molar-refractivity contribution >= 4 is 39.9 Å². The van der Waals surface area contributed by atoms with Crippen molar-refractivity contribution in [3.8, 4) is 0 Å². The van der Waals surface area contributed by atoms with Gasteiger partial charge < -0.3 is 9.88 Å². The quantitative estimate of drug-likeness (QED) is 0.731. The lowest BCUT2D eigenvalue weighted by Gasteiger charge is -2.16. The number of aromatic nitrogens is 2. The molecule has 0 aliphatic rings. The van der Waals surface area contributed by atoms with Crippen molar-refractivity contribution in [3.05, 3.63) is 58.3 Å². The van der Waals surface area contributed by atoms with Gasteiger partial charge in [0.2, 0.25) is 0 Å². The molecular weight excluding hydrogens is 305 g/mol. The van der Waals surface area contributed by atoms with Gasteiger partial charge in [-0.1, -0.05) is 35.3 Å². The Morgan fingerprint density at radius 1 is 1.14 bits per heavy atom. The Kier molecular flexibility index (Phi) is 3.79. The molecule has 0 aliphatic heterocycles. The van der Waals surface area contributed by atoms with Gasteiger partial charge in [-0.2, -0.15) is 0 Å². The summed E-state index contributed by atoms with van der Waals surface area (Å²) in [5, 5.41) is 4.66. The Hall–Kier alpha value is -1.71. The summed E-state index contributed by atoms with van der Waals surface area (Å²) in [6.07, 6.45) is 0. The van der Waals surface area contributed by atoms with E-state index in [0.717, 1.165) is 22.5 Å².